The number of hydrogen-bond donors (Lipinski definition) is 2. The van der Waals surface area contributed by atoms with Gasteiger partial charge in [-0.3, -0.25) is 14.3 Å². The molecule has 0 saturated carbocycles. The molecule has 3 aromatic carbocycles. The van der Waals surface area contributed by atoms with E-state index in [4.69, 9.17) is 0 Å². The number of nitrogens with one attached hydrogen (secondary N) is 2. The van der Waals surface area contributed by atoms with Gasteiger partial charge in [-0.2, -0.15) is 0 Å². The van der Waals surface area contributed by atoms with Crippen molar-refractivity contribution in [2.75, 3.05) is 4.72 Å². The Morgan fingerprint density at radius 2 is 1.67 bits per heavy atom. The largest absolute Gasteiger partial charge is 0.303 e. The summed E-state index contributed by atoms with van der Waals surface area (Å²) in [5.74, 6) is -0.481. The van der Waals surface area contributed by atoms with E-state index in [0.717, 1.165) is 5.56 Å². The van der Waals surface area contributed by atoms with Gasteiger partial charge in [0.25, 0.3) is 15.6 Å². The molecule has 0 saturated heterocycles. The average molecular weight is 419 g/mol. The molecule has 0 spiro atoms. The SMILES string of the molecule is Cc1ccc(S(=O)(=O)Nc2ccc3nc(C(=O)c4ccccc4)[nH]c(=O)c3c2)cc1. The topological polar surface area (TPSA) is 109 Å². The highest BCUT2D eigenvalue weighted by Crippen LogP contribution is 2.20. The van der Waals surface area contributed by atoms with Crippen molar-refractivity contribution in [2.24, 2.45) is 0 Å². The van der Waals surface area contributed by atoms with Gasteiger partial charge in [-0.05, 0) is 37.3 Å². The number of carbonyl (C=O) groups excluding carboxylic acids is 1. The van der Waals surface area contributed by atoms with Crippen LogP contribution in [0.5, 0.6) is 0 Å². The Hall–Kier alpha value is -3.78. The zero-order valence-corrected chi connectivity index (χ0v) is 16.7. The maximum atomic E-state index is 12.6. The number of aromatic nitrogens is 2. The quantitative estimate of drug-likeness (QED) is 0.483. The van der Waals surface area contributed by atoms with Crippen molar-refractivity contribution < 1.29 is 13.2 Å². The fraction of sp³-hybridized carbons (Fsp3) is 0.0455. The van der Waals surface area contributed by atoms with Crippen molar-refractivity contribution >= 4 is 32.4 Å². The van der Waals surface area contributed by atoms with Crippen molar-refractivity contribution in [3.8, 4) is 0 Å². The van der Waals surface area contributed by atoms with Crippen LogP contribution >= 0.6 is 0 Å². The molecule has 0 atom stereocenters. The van der Waals surface area contributed by atoms with Crippen LogP contribution in [0.25, 0.3) is 10.9 Å². The maximum Gasteiger partial charge on any atom is 0.261 e. The second-order valence-corrected chi connectivity index (χ2v) is 8.44. The van der Waals surface area contributed by atoms with Crippen LogP contribution < -0.4 is 10.3 Å². The van der Waals surface area contributed by atoms with Gasteiger partial charge < -0.3 is 4.98 Å². The summed E-state index contributed by atoms with van der Waals surface area (Å²) < 4.78 is 27.6. The van der Waals surface area contributed by atoms with Gasteiger partial charge in [0.05, 0.1) is 15.8 Å². The van der Waals surface area contributed by atoms with E-state index >= 15 is 0 Å². The van der Waals surface area contributed by atoms with Crippen LogP contribution in [0.15, 0.2) is 82.5 Å². The first-order valence-electron chi connectivity index (χ1n) is 9.07. The lowest BCUT2D eigenvalue weighted by atomic mass is 10.1. The van der Waals surface area contributed by atoms with E-state index < -0.39 is 21.4 Å². The van der Waals surface area contributed by atoms with E-state index in [1.807, 2.05) is 6.92 Å². The van der Waals surface area contributed by atoms with Crippen molar-refractivity contribution in [1.29, 1.82) is 0 Å². The zero-order chi connectivity index (χ0) is 21.3. The molecule has 0 aliphatic carbocycles. The Labute approximate surface area is 172 Å². The third-order valence-corrected chi connectivity index (χ3v) is 5.94. The van der Waals surface area contributed by atoms with Crippen LogP contribution in [-0.2, 0) is 10.0 Å². The first-order chi connectivity index (χ1) is 14.3. The van der Waals surface area contributed by atoms with Crippen molar-refractivity contribution in [3.63, 3.8) is 0 Å². The Kier molecular flexibility index (Phi) is 4.93. The summed E-state index contributed by atoms with van der Waals surface area (Å²) in [6.07, 6.45) is 0. The van der Waals surface area contributed by atoms with Gasteiger partial charge in [0.15, 0.2) is 5.82 Å². The van der Waals surface area contributed by atoms with Crippen molar-refractivity contribution in [3.05, 3.63) is 100 Å². The van der Waals surface area contributed by atoms with E-state index in [1.165, 1.54) is 30.3 Å². The number of sulfonamides is 1. The molecule has 0 fully saturated rings. The maximum absolute atomic E-state index is 12.6. The van der Waals surface area contributed by atoms with E-state index in [1.54, 1.807) is 42.5 Å². The van der Waals surface area contributed by atoms with Crippen molar-refractivity contribution in [2.45, 2.75) is 11.8 Å². The summed E-state index contributed by atoms with van der Waals surface area (Å²) >= 11 is 0. The molecule has 1 heterocycles. The van der Waals surface area contributed by atoms with Gasteiger partial charge in [-0.15, -0.1) is 0 Å². The molecule has 4 aromatic rings. The molecule has 1 aromatic heterocycles. The lowest BCUT2D eigenvalue weighted by Crippen LogP contribution is -2.17. The van der Waals surface area contributed by atoms with Gasteiger partial charge in [-0.25, -0.2) is 13.4 Å². The molecule has 0 bridgehead atoms. The fourth-order valence-electron chi connectivity index (χ4n) is 2.97. The molecule has 0 aliphatic heterocycles. The predicted octanol–water partition coefficient (Wildman–Crippen LogP) is 3.26. The fourth-order valence-corrected chi connectivity index (χ4v) is 4.02. The zero-order valence-electron chi connectivity index (χ0n) is 15.9. The molecule has 4 rings (SSSR count). The Morgan fingerprint density at radius 1 is 0.967 bits per heavy atom. The number of benzene rings is 3. The Bertz CT molecular complexity index is 1410. The number of carbonyl (C=O) groups is 1. The molecular formula is C22H17N3O4S. The summed E-state index contributed by atoms with van der Waals surface area (Å²) in [6, 6.07) is 19.3. The third-order valence-electron chi connectivity index (χ3n) is 4.54. The van der Waals surface area contributed by atoms with Gasteiger partial charge in [0, 0.05) is 11.3 Å². The number of anilines is 1. The average Bonchev–Trinajstić information content (AvgIpc) is 2.74. The summed E-state index contributed by atoms with van der Waals surface area (Å²) in [5, 5.41) is 0.170. The highest BCUT2D eigenvalue weighted by Gasteiger charge is 2.16. The summed E-state index contributed by atoms with van der Waals surface area (Å²) in [7, 11) is -3.81. The van der Waals surface area contributed by atoms with E-state index in [0.29, 0.717) is 5.56 Å². The lowest BCUT2D eigenvalue weighted by Gasteiger charge is -2.09. The highest BCUT2D eigenvalue weighted by atomic mass is 32.2. The first-order valence-corrected chi connectivity index (χ1v) is 10.6. The van der Waals surface area contributed by atoms with Crippen LogP contribution in [0.4, 0.5) is 5.69 Å². The standard InChI is InChI=1S/C22H17N3O4S/c1-14-7-10-17(11-8-14)30(28,29)25-16-9-12-19-18(13-16)22(27)24-21(23-19)20(26)15-5-3-2-4-6-15/h2-13,25H,1H3,(H,23,24,27). The molecule has 7 nitrogen and oxygen atoms in total. The van der Waals surface area contributed by atoms with Gasteiger partial charge in [0.1, 0.15) is 0 Å². The van der Waals surface area contributed by atoms with Crippen molar-refractivity contribution in [1.82, 2.24) is 9.97 Å². The van der Waals surface area contributed by atoms with Crippen LogP contribution in [-0.4, -0.2) is 24.2 Å². The molecule has 30 heavy (non-hydrogen) atoms. The first kappa shape index (κ1) is 19.5. The van der Waals surface area contributed by atoms with Crippen LogP contribution in [0, 0.1) is 6.92 Å². The van der Waals surface area contributed by atoms with Crippen LogP contribution in [0.2, 0.25) is 0 Å². The van der Waals surface area contributed by atoms with Gasteiger partial charge in [-0.1, -0.05) is 48.0 Å². The van der Waals surface area contributed by atoms with Gasteiger partial charge in [0.2, 0.25) is 5.78 Å². The van der Waals surface area contributed by atoms with Crippen LogP contribution in [0.1, 0.15) is 21.7 Å². The van der Waals surface area contributed by atoms with E-state index in [9.17, 15) is 18.0 Å². The van der Waals surface area contributed by atoms with E-state index in [2.05, 4.69) is 14.7 Å². The Balaban J connectivity index is 1.68. The number of ketones is 1. The Morgan fingerprint density at radius 3 is 2.37 bits per heavy atom. The number of nitrogens with zero attached hydrogens (tertiary/aromatic N) is 1. The summed E-state index contributed by atoms with van der Waals surface area (Å²) in [6.45, 7) is 1.86. The number of rotatable bonds is 5. The summed E-state index contributed by atoms with van der Waals surface area (Å²) in [4.78, 5) is 31.9. The molecule has 150 valence electrons. The summed E-state index contributed by atoms with van der Waals surface area (Å²) in [5.41, 5.74) is 1.32. The minimum Gasteiger partial charge on any atom is -0.303 e. The third kappa shape index (κ3) is 3.85. The van der Waals surface area contributed by atoms with Gasteiger partial charge >= 0.3 is 0 Å². The molecule has 2 N–H and O–H groups in total. The molecule has 0 radical (unpaired) electrons. The minimum absolute atomic E-state index is 0.0771. The number of hydrogen-bond acceptors (Lipinski definition) is 5. The second-order valence-electron chi connectivity index (χ2n) is 6.76. The van der Waals surface area contributed by atoms with Crippen LogP contribution in [0.3, 0.4) is 0 Å². The highest BCUT2D eigenvalue weighted by molar-refractivity contribution is 7.92. The lowest BCUT2D eigenvalue weighted by molar-refractivity contribution is 0.102. The second kappa shape index (κ2) is 7.57. The number of aryl methyl sites for hydroxylation is 1. The predicted molar refractivity (Wildman–Crippen MR) is 114 cm³/mol. The van der Waals surface area contributed by atoms with E-state index in [-0.39, 0.29) is 27.3 Å². The minimum atomic E-state index is -3.81. The molecule has 0 amide bonds. The molecular weight excluding hydrogens is 402 g/mol. The number of aromatic amines is 1. The monoisotopic (exact) mass is 419 g/mol. The molecule has 0 unspecified atom stereocenters. The smallest absolute Gasteiger partial charge is 0.261 e. The molecule has 8 heteroatoms. The number of H-pyrrole nitrogens is 1. The number of fused-ring (bicyclic) bond motifs is 1. The normalized spacial score (nSPS) is 11.4. The molecule has 0 aliphatic rings.